The Hall–Kier alpha value is -7.36. The number of benzene rings is 9. The van der Waals surface area contributed by atoms with Crippen molar-refractivity contribution in [2.45, 2.75) is 118 Å². The number of methoxy groups -OCH3 is 2. The smallest absolute Gasteiger partial charge is 0.497 e. The summed E-state index contributed by atoms with van der Waals surface area (Å²) in [4.78, 5) is 0. The van der Waals surface area contributed by atoms with Gasteiger partial charge in [-0.3, -0.25) is 0 Å². The molecule has 0 fully saturated rings. The summed E-state index contributed by atoms with van der Waals surface area (Å²) in [6.07, 6.45) is 0. The van der Waals surface area contributed by atoms with Crippen molar-refractivity contribution in [2.24, 2.45) is 0 Å². The van der Waals surface area contributed by atoms with Crippen LogP contribution in [0.15, 0.2) is 136 Å². The molecule has 12 rings (SSSR count). The summed E-state index contributed by atoms with van der Waals surface area (Å²) in [5, 5.41) is 27.8. The van der Waals surface area contributed by atoms with Gasteiger partial charge in [0.15, 0.2) is 5.75 Å². The van der Waals surface area contributed by atoms with E-state index in [9.17, 15) is 10.2 Å². The maximum Gasteiger partial charge on any atom is 0.530 e. The minimum atomic E-state index is -2.30. The van der Waals surface area contributed by atoms with Gasteiger partial charge in [-0.25, -0.2) is 0 Å². The summed E-state index contributed by atoms with van der Waals surface area (Å²) < 4.78 is 75.3. The molecule has 1 aromatic heterocycles. The first-order valence-corrected chi connectivity index (χ1v) is 31.3. The number of rotatable bonds is 11. The molecule has 2 aliphatic heterocycles. The van der Waals surface area contributed by atoms with Crippen LogP contribution in [0.25, 0.3) is 65.4 Å². The van der Waals surface area contributed by atoms with Crippen molar-refractivity contribution in [1.29, 1.82) is 0 Å². The summed E-state index contributed by atoms with van der Waals surface area (Å²) in [5.74, 6) is 5.04. The molecule has 0 amide bonds. The fourth-order valence-electron chi connectivity index (χ4n) is 11.1. The topological polar surface area (TPSA) is 150 Å². The lowest BCUT2D eigenvalue weighted by Gasteiger charge is -2.32. The molecular formula is C68H69O13P3. The Morgan fingerprint density at radius 3 is 1.27 bits per heavy atom. The number of aliphatic hydroxyl groups excluding tert-OH is 2. The van der Waals surface area contributed by atoms with Crippen LogP contribution < -0.4 is 41.1 Å². The molecule has 13 nitrogen and oxygen atoms in total. The summed E-state index contributed by atoms with van der Waals surface area (Å²) in [7, 11) is -3.29. The predicted octanol–water partition coefficient (Wildman–Crippen LogP) is 19.6. The van der Waals surface area contributed by atoms with Crippen LogP contribution in [0.2, 0.25) is 0 Å². The van der Waals surface area contributed by atoms with Gasteiger partial charge in [0.1, 0.15) is 57.2 Å². The third-order valence-corrected chi connectivity index (χ3v) is 18.3. The van der Waals surface area contributed by atoms with Crippen LogP contribution in [-0.2, 0) is 34.9 Å². The number of hydrogen-bond acceptors (Lipinski definition) is 13. The van der Waals surface area contributed by atoms with E-state index in [-0.39, 0.29) is 13.2 Å². The summed E-state index contributed by atoms with van der Waals surface area (Å²) >= 11 is 0. The first-order chi connectivity index (χ1) is 39.9. The Labute approximate surface area is 492 Å². The average Bonchev–Trinajstić information content (AvgIpc) is 1.43. The van der Waals surface area contributed by atoms with E-state index >= 15 is 0 Å². The minimum Gasteiger partial charge on any atom is -0.497 e. The van der Waals surface area contributed by atoms with E-state index in [1.807, 2.05) is 121 Å². The van der Waals surface area contributed by atoms with Gasteiger partial charge in [-0.2, -0.15) is 0 Å². The van der Waals surface area contributed by atoms with E-state index in [0.717, 1.165) is 71.1 Å². The highest BCUT2D eigenvalue weighted by Crippen LogP contribution is 2.61. The summed E-state index contributed by atoms with van der Waals surface area (Å²) in [6.45, 7) is 25.0. The van der Waals surface area contributed by atoms with Gasteiger partial charge in [0.2, 0.25) is 0 Å². The highest BCUT2D eigenvalue weighted by molar-refractivity contribution is 7.43. The molecule has 0 bridgehead atoms. The third-order valence-electron chi connectivity index (χ3n) is 15.3. The highest BCUT2D eigenvalue weighted by atomic mass is 31.2. The van der Waals surface area contributed by atoms with Gasteiger partial charge >= 0.3 is 25.4 Å². The highest BCUT2D eigenvalue weighted by Gasteiger charge is 2.38. The second-order valence-electron chi connectivity index (χ2n) is 25.5. The summed E-state index contributed by atoms with van der Waals surface area (Å²) in [6, 6.07) is 41.5. The van der Waals surface area contributed by atoms with Gasteiger partial charge in [0, 0.05) is 44.2 Å². The molecule has 3 heterocycles. The van der Waals surface area contributed by atoms with Crippen LogP contribution in [0.4, 0.5) is 0 Å². The monoisotopic (exact) mass is 1190 g/mol. The van der Waals surface area contributed by atoms with Gasteiger partial charge in [-0.15, -0.1) is 0 Å². The fourth-order valence-corrected chi connectivity index (χ4v) is 14.4. The Morgan fingerprint density at radius 2 is 0.833 bits per heavy atom. The van der Waals surface area contributed by atoms with Crippen LogP contribution in [0.1, 0.15) is 116 Å². The summed E-state index contributed by atoms with van der Waals surface area (Å²) in [5.41, 5.74) is 5.37. The zero-order chi connectivity index (χ0) is 59.4. The molecule has 0 aliphatic carbocycles. The normalized spacial score (nSPS) is 14.5. The molecule has 9 aromatic carbocycles. The van der Waals surface area contributed by atoms with E-state index in [4.69, 9.17) is 49.5 Å². The van der Waals surface area contributed by atoms with Crippen molar-refractivity contribution < 1.29 is 59.7 Å². The van der Waals surface area contributed by atoms with Gasteiger partial charge in [-0.05, 0) is 128 Å². The number of ether oxygens (including phenoxy) is 2. The molecule has 2 aliphatic rings. The van der Waals surface area contributed by atoms with Crippen molar-refractivity contribution in [3.8, 4) is 62.9 Å². The van der Waals surface area contributed by atoms with E-state index in [0.29, 0.717) is 79.4 Å². The van der Waals surface area contributed by atoms with Crippen LogP contribution in [0.3, 0.4) is 0 Å². The predicted molar refractivity (Wildman–Crippen MR) is 337 cm³/mol. The number of aliphatic hydroxyl groups is 2. The first kappa shape index (κ1) is 57.1. The Kier molecular flexibility index (Phi) is 14.5. The van der Waals surface area contributed by atoms with Crippen LogP contribution in [0.5, 0.6) is 51.7 Å². The van der Waals surface area contributed by atoms with Crippen molar-refractivity contribution >= 4 is 79.7 Å². The van der Waals surface area contributed by atoms with Gasteiger partial charge in [0.25, 0.3) is 0 Å². The van der Waals surface area contributed by atoms with E-state index in [1.165, 1.54) is 0 Å². The molecule has 1 unspecified atom stereocenters. The van der Waals surface area contributed by atoms with Crippen molar-refractivity contribution in [3.63, 3.8) is 0 Å². The standard InChI is InChI=1S/C68H69O13P3/c1-65(2,3)49-29-38(36-69)27-45-46-28-39(37-70)30-50(66(4,5)6)61(46)79-83(78-60(45)49)75-55-25-17-21-41-31-42-22-18-26-56-59(42)64(58(41)55)81-84(76-56)80-63-48(33-44(72-14)35-52(63)68(10,11)12)47-32-43(71-13)34-51(67(7,8)9)62(47)77-82-73-53-23-15-19-40-20-16-24-54(74-82)57(40)53/h15-35,69-70H,36-37H2,1-14H3. The fraction of sp³-hybridized carbons (Fsp3) is 0.294. The molecule has 10 aromatic rings. The van der Waals surface area contributed by atoms with Gasteiger partial charge in [0.05, 0.1) is 43.6 Å². The van der Waals surface area contributed by atoms with Crippen molar-refractivity contribution in [3.05, 3.63) is 161 Å². The molecule has 0 saturated heterocycles. The van der Waals surface area contributed by atoms with E-state index in [2.05, 4.69) is 89.2 Å². The maximum absolute atomic E-state index is 10.6. The molecule has 1 atom stereocenters. The van der Waals surface area contributed by atoms with Gasteiger partial charge < -0.3 is 59.7 Å². The molecular weight excluding hydrogens is 1120 g/mol. The Bertz CT molecular complexity index is 4190. The molecule has 2 N–H and O–H groups in total. The zero-order valence-corrected chi connectivity index (χ0v) is 52.4. The largest absolute Gasteiger partial charge is 0.530 e. The lowest BCUT2D eigenvalue weighted by molar-refractivity contribution is 0.281. The van der Waals surface area contributed by atoms with Gasteiger partial charge in [-0.1, -0.05) is 132 Å². The SMILES string of the molecule is COc1cc(-c2cc(OC)cc(C(C)(C)C)c2OP2Oc3cccc4cc5cccc(Op6oc7c(C(C)(C)C)cc(CO)cc7c7cc(CO)cc(C(C)(C)C)c7o6)c5c(c34)O2)c(OP2Oc3cccc4cccc(c34)O2)c(C(C)(C)C)c1. The third kappa shape index (κ3) is 10.5. The first-order valence-electron chi connectivity index (χ1n) is 28.0. The average molecular weight is 1190 g/mol. The Morgan fingerprint density at radius 1 is 0.417 bits per heavy atom. The molecule has 0 spiro atoms. The van der Waals surface area contributed by atoms with Crippen LogP contribution in [0, 0.1) is 0 Å². The van der Waals surface area contributed by atoms with Crippen LogP contribution in [-0.4, -0.2) is 24.4 Å². The van der Waals surface area contributed by atoms with Crippen molar-refractivity contribution in [2.75, 3.05) is 14.2 Å². The maximum atomic E-state index is 10.6. The second kappa shape index (κ2) is 21.3. The Balaban J connectivity index is 1.03. The molecule has 16 heteroatoms. The lowest BCUT2D eigenvalue weighted by atomic mass is 9.81. The number of fused-ring (bicyclic) bond motifs is 5. The zero-order valence-electron chi connectivity index (χ0n) is 49.8. The minimum absolute atomic E-state index is 0.181. The van der Waals surface area contributed by atoms with Crippen molar-refractivity contribution in [1.82, 2.24) is 0 Å². The number of hydrogen-bond donors (Lipinski definition) is 2. The molecule has 0 saturated carbocycles. The van der Waals surface area contributed by atoms with E-state index in [1.54, 1.807) is 14.2 Å². The molecule has 434 valence electrons. The lowest BCUT2D eigenvalue weighted by Crippen LogP contribution is -2.17. The molecule has 0 radical (unpaired) electrons. The molecule has 84 heavy (non-hydrogen) atoms. The van der Waals surface area contributed by atoms with E-state index < -0.39 is 47.1 Å². The second-order valence-corrected chi connectivity index (χ2v) is 28.5. The van der Waals surface area contributed by atoms with Crippen LogP contribution >= 0.6 is 25.4 Å². The quantitative estimate of drug-likeness (QED) is 0.0935.